The lowest BCUT2D eigenvalue weighted by Crippen LogP contribution is -2.43. The van der Waals surface area contributed by atoms with E-state index in [2.05, 4.69) is 9.71 Å². The van der Waals surface area contributed by atoms with Crippen LogP contribution in [0.5, 0.6) is 0 Å². The van der Waals surface area contributed by atoms with Crippen LogP contribution >= 0.6 is 0 Å². The van der Waals surface area contributed by atoms with Gasteiger partial charge in [-0.05, 0) is 12.1 Å². The van der Waals surface area contributed by atoms with Gasteiger partial charge in [-0.15, -0.1) is 0 Å². The SMILES string of the molecule is O=C(O)C1COCC1NS(=O)(=O)CCc1ccccn1. The van der Waals surface area contributed by atoms with Crippen molar-refractivity contribution in [2.24, 2.45) is 5.92 Å². The maximum absolute atomic E-state index is 11.9. The predicted molar refractivity (Wildman–Crippen MR) is 70.6 cm³/mol. The highest BCUT2D eigenvalue weighted by Crippen LogP contribution is 2.15. The zero-order valence-electron chi connectivity index (χ0n) is 10.7. The molecule has 2 unspecified atom stereocenters. The molecule has 0 radical (unpaired) electrons. The Labute approximate surface area is 117 Å². The third-order valence-corrected chi connectivity index (χ3v) is 4.49. The highest BCUT2D eigenvalue weighted by molar-refractivity contribution is 7.89. The fraction of sp³-hybridized carbons (Fsp3) is 0.500. The van der Waals surface area contributed by atoms with Crippen molar-refractivity contribution in [1.29, 1.82) is 0 Å². The fourth-order valence-electron chi connectivity index (χ4n) is 1.99. The molecule has 1 saturated heterocycles. The van der Waals surface area contributed by atoms with E-state index in [0.717, 1.165) is 0 Å². The molecule has 0 spiro atoms. The molecule has 1 aliphatic rings. The van der Waals surface area contributed by atoms with Crippen molar-refractivity contribution in [3.05, 3.63) is 30.1 Å². The molecule has 2 atom stereocenters. The van der Waals surface area contributed by atoms with Gasteiger partial charge in [-0.2, -0.15) is 0 Å². The van der Waals surface area contributed by atoms with E-state index in [1.807, 2.05) is 0 Å². The first-order valence-corrected chi connectivity index (χ1v) is 7.83. The van der Waals surface area contributed by atoms with Crippen LogP contribution in [-0.4, -0.2) is 49.5 Å². The second-order valence-electron chi connectivity index (χ2n) is 4.60. The van der Waals surface area contributed by atoms with E-state index in [1.165, 1.54) is 0 Å². The Hall–Kier alpha value is -1.51. The van der Waals surface area contributed by atoms with Gasteiger partial charge in [0.1, 0.15) is 0 Å². The van der Waals surface area contributed by atoms with Crippen LogP contribution < -0.4 is 4.72 Å². The number of aromatic nitrogens is 1. The number of carboxylic acids is 1. The van der Waals surface area contributed by atoms with Crippen molar-refractivity contribution < 1.29 is 23.1 Å². The molecule has 2 rings (SSSR count). The van der Waals surface area contributed by atoms with Crippen LogP contribution in [0.25, 0.3) is 0 Å². The van der Waals surface area contributed by atoms with Gasteiger partial charge in [0.05, 0.1) is 30.9 Å². The third-order valence-electron chi connectivity index (χ3n) is 3.08. The minimum atomic E-state index is -3.56. The van der Waals surface area contributed by atoms with Crippen LogP contribution in [-0.2, 0) is 26.0 Å². The largest absolute Gasteiger partial charge is 0.481 e. The zero-order valence-corrected chi connectivity index (χ0v) is 11.5. The Morgan fingerprint density at radius 3 is 2.90 bits per heavy atom. The number of aryl methyl sites for hydroxylation is 1. The molecule has 0 aromatic carbocycles. The van der Waals surface area contributed by atoms with Crippen LogP contribution in [0, 0.1) is 5.92 Å². The fourth-order valence-corrected chi connectivity index (χ4v) is 3.28. The zero-order chi connectivity index (χ0) is 14.6. The van der Waals surface area contributed by atoms with E-state index in [-0.39, 0.29) is 25.4 Å². The molecular formula is C12H16N2O5S. The van der Waals surface area contributed by atoms with E-state index in [9.17, 15) is 13.2 Å². The average Bonchev–Trinajstić information content (AvgIpc) is 2.85. The smallest absolute Gasteiger partial charge is 0.310 e. The summed E-state index contributed by atoms with van der Waals surface area (Å²) in [4.78, 5) is 15.0. The summed E-state index contributed by atoms with van der Waals surface area (Å²) in [5.74, 6) is -2.02. The summed E-state index contributed by atoms with van der Waals surface area (Å²) in [5, 5.41) is 8.96. The molecule has 0 saturated carbocycles. The van der Waals surface area contributed by atoms with Gasteiger partial charge in [-0.3, -0.25) is 9.78 Å². The number of pyridine rings is 1. The van der Waals surface area contributed by atoms with Gasteiger partial charge in [0.15, 0.2) is 0 Å². The molecule has 2 N–H and O–H groups in total. The molecule has 0 bridgehead atoms. The lowest BCUT2D eigenvalue weighted by molar-refractivity contribution is -0.142. The minimum Gasteiger partial charge on any atom is -0.481 e. The van der Waals surface area contributed by atoms with Crippen molar-refractivity contribution in [1.82, 2.24) is 9.71 Å². The quantitative estimate of drug-likeness (QED) is 0.743. The Kier molecular flexibility index (Phi) is 4.69. The van der Waals surface area contributed by atoms with Gasteiger partial charge in [0.2, 0.25) is 10.0 Å². The third kappa shape index (κ3) is 3.99. The number of ether oxygens (including phenoxy) is 1. The first-order chi connectivity index (χ1) is 9.48. The number of hydrogen-bond acceptors (Lipinski definition) is 5. The van der Waals surface area contributed by atoms with Crippen molar-refractivity contribution in [2.75, 3.05) is 19.0 Å². The summed E-state index contributed by atoms with van der Waals surface area (Å²) in [7, 11) is -3.56. The number of nitrogens with zero attached hydrogens (tertiary/aromatic N) is 1. The van der Waals surface area contributed by atoms with Crippen molar-refractivity contribution >= 4 is 16.0 Å². The number of aliphatic carboxylic acids is 1. The Balaban J connectivity index is 1.92. The number of hydrogen-bond donors (Lipinski definition) is 2. The Morgan fingerprint density at radius 2 is 2.25 bits per heavy atom. The summed E-state index contributed by atoms with van der Waals surface area (Å²) < 4.78 is 31.3. The monoisotopic (exact) mass is 300 g/mol. The maximum Gasteiger partial charge on any atom is 0.310 e. The van der Waals surface area contributed by atoms with E-state index in [4.69, 9.17) is 9.84 Å². The van der Waals surface area contributed by atoms with Gasteiger partial charge in [0.25, 0.3) is 0 Å². The van der Waals surface area contributed by atoms with Gasteiger partial charge in [-0.25, -0.2) is 13.1 Å². The normalized spacial score (nSPS) is 22.8. The molecule has 2 heterocycles. The number of carboxylic acid groups (broad SMARTS) is 1. The van der Waals surface area contributed by atoms with Gasteiger partial charge in [0, 0.05) is 18.3 Å². The Morgan fingerprint density at radius 1 is 1.45 bits per heavy atom. The van der Waals surface area contributed by atoms with Crippen LogP contribution in [0.3, 0.4) is 0 Å². The first kappa shape index (κ1) is 14.9. The topological polar surface area (TPSA) is 106 Å². The molecule has 0 amide bonds. The molecule has 8 heteroatoms. The van der Waals surface area contributed by atoms with E-state index in [1.54, 1.807) is 24.4 Å². The lowest BCUT2D eigenvalue weighted by Gasteiger charge is -2.15. The summed E-state index contributed by atoms with van der Waals surface area (Å²) in [5.41, 5.74) is 0.676. The molecule has 1 aromatic heterocycles. The second-order valence-corrected chi connectivity index (χ2v) is 6.47. The molecule has 0 aliphatic carbocycles. The van der Waals surface area contributed by atoms with E-state index in [0.29, 0.717) is 5.69 Å². The van der Waals surface area contributed by atoms with Gasteiger partial charge in [-0.1, -0.05) is 6.07 Å². The molecule has 1 fully saturated rings. The average molecular weight is 300 g/mol. The van der Waals surface area contributed by atoms with E-state index >= 15 is 0 Å². The Bertz CT molecular complexity index is 560. The highest BCUT2D eigenvalue weighted by Gasteiger charge is 2.36. The second kappa shape index (κ2) is 6.29. The maximum atomic E-state index is 11.9. The van der Waals surface area contributed by atoms with Crippen LogP contribution in [0.1, 0.15) is 5.69 Å². The summed E-state index contributed by atoms with van der Waals surface area (Å²) >= 11 is 0. The molecular weight excluding hydrogens is 284 g/mol. The summed E-state index contributed by atoms with van der Waals surface area (Å²) in [6, 6.07) is 4.58. The standard InChI is InChI=1S/C12H16N2O5S/c15-12(16)10-7-19-8-11(10)14-20(17,18)6-4-9-3-1-2-5-13-9/h1-3,5,10-11,14H,4,6-8H2,(H,15,16). The number of nitrogens with one attached hydrogen (secondary N) is 1. The predicted octanol–water partition coefficient (Wildman–Crippen LogP) is -0.357. The van der Waals surface area contributed by atoms with Crippen LogP contribution in [0.2, 0.25) is 0 Å². The molecule has 110 valence electrons. The molecule has 1 aliphatic heterocycles. The minimum absolute atomic E-state index is 0.0305. The highest BCUT2D eigenvalue weighted by atomic mass is 32.2. The molecule has 1 aromatic rings. The van der Waals surface area contributed by atoms with Gasteiger partial charge < -0.3 is 9.84 Å². The number of rotatable bonds is 6. The van der Waals surface area contributed by atoms with Crippen molar-refractivity contribution in [3.63, 3.8) is 0 Å². The van der Waals surface area contributed by atoms with Crippen molar-refractivity contribution in [2.45, 2.75) is 12.5 Å². The van der Waals surface area contributed by atoms with Crippen LogP contribution in [0.15, 0.2) is 24.4 Å². The van der Waals surface area contributed by atoms with E-state index < -0.39 is 28.0 Å². The van der Waals surface area contributed by atoms with Crippen LogP contribution in [0.4, 0.5) is 0 Å². The van der Waals surface area contributed by atoms with Crippen molar-refractivity contribution in [3.8, 4) is 0 Å². The summed E-state index contributed by atoms with van der Waals surface area (Å²) in [6.45, 7) is 0.114. The summed E-state index contributed by atoms with van der Waals surface area (Å²) in [6.07, 6.45) is 1.88. The number of sulfonamides is 1. The lowest BCUT2D eigenvalue weighted by atomic mass is 10.1. The number of carbonyl (C=O) groups is 1. The molecule has 7 nitrogen and oxygen atoms in total. The van der Waals surface area contributed by atoms with Gasteiger partial charge >= 0.3 is 5.97 Å². The first-order valence-electron chi connectivity index (χ1n) is 6.18. The molecule has 20 heavy (non-hydrogen) atoms.